The van der Waals surface area contributed by atoms with E-state index in [4.69, 9.17) is 5.73 Å². The van der Waals surface area contributed by atoms with Gasteiger partial charge in [0, 0.05) is 17.2 Å². The molecule has 1 aliphatic carbocycles. The molecule has 1 aliphatic rings. The molecule has 8 heteroatoms. The van der Waals surface area contributed by atoms with Crippen molar-refractivity contribution < 1.29 is 9.59 Å². The van der Waals surface area contributed by atoms with Crippen LogP contribution in [0.4, 0.5) is 5.69 Å². The number of nitrogens with two attached hydrogens (primary N) is 1. The lowest BCUT2D eigenvalue weighted by Crippen LogP contribution is -2.23. The van der Waals surface area contributed by atoms with Gasteiger partial charge in [-0.15, -0.1) is 10.2 Å². The van der Waals surface area contributed by atoms with E-state index in [1.807, 2.05) is 25.1 Å². The van der Waals surface area contributed by atoms with Crippen LogP contribution >= 0.6 is 11.8 Å². The number of anilines is 1. The fraction of sp³-hybridized carbons (Fsp3) is 0.273. The van der Waals surface area contributed by atoms with Gasteiger partial charge >= 0.3 is 0 Å². The first-order chi connectivity index (χ1) is 14.5. The van der Waals surface area contributed by atoms with E-state index in [-0.39, 0.29) is 11.2 Å². The molecule has 0 radical (unpaired) electrons. The number of hydrogen-bond donors (Lipinski definition) is 2. The predicted octanol–water partition coefficient (Wildman–Crippen LogP) is 3.42. The summed E-state index contributed by atoms with van der Waals surface area (Å²) < 4.78 is 2.13. The van der Waals surface area contributed by atoms with Crippen molar-refractivity contribution in [2.24, 2.45) is 5.73 Å². The molecule has 1 saturated carbocycles. The number of carbonyl (C=O) groups is 2. The number of carbonyl (C=O) groups excluding carboxylic acids is 2. The molecule has 0 bridgehead atoms. The van der Waals surface area contributed by atoms with E-state index in [0.717, 1.165) is 23.8 Å². The average molecular weight is 422 g/mol. The highest BCUT2D eigenvalue weighted by Crippen LogP contribution is 2.40. The summed E-state index contributed by atoms with van der Waals surface area (Å²) in [6.07, 6.45) is 2.27. The molecule has 0 saturated heterocycles. The van der Waals surface area contributed by atoms with Gasteiger partial charge in [0.2, 0.25) is 11.8 Å². The molecule has 3 N–H and O–H groups in total. The Labute approximate surface area is 179 Å². The summed E-state index contributed by atoms with van der Waals surface area (Å²) >= 11 is 1.39. The molecule has 1 heterocycles. The zero-order valence-electron chi connectivity index (χ0n) is 16.6. The number of primary amides is 1. The van der Waals surface area contributed by atoms with Crippen molar-refractivity contribution in [3.63, 3.8) is 0 Å². The topological polar surface area (TPSA) is 103 Å². The summed E-state index contributed by atoms with van der Waals surface area (Å²) in [5, 5.41) is 12.0. The molecule has 0 spiro atoms. The molecule has 0 unspecified atom stereocenters. The van der Waals surface area contributed by atoms with Crippen LogP contribution in [0, 0.1) is 0 Å². The molecule has 1 aromatic heterocycles. The maximum absolute atomic E-state index is 12.7. The number of thioether (sulfide) groups is 1. The first-order valence-corrected chi connectivity index (χ1v) is 10.7. The van der Waals surface area contributed by atoms with Crippen molar-refractivity contribution in [3.8, 4) is 0 Å². The first kappa shape index (κ1) is 20.2. The van der Waals surface area contributed by atoms with Crippen molar-refractivity contribution in [1.82, 2.24) is 14.8 Å². The van der Waals surface area contributed by atoms with Gasteiger partial charge in [0.1, 0.15) is 5.82 Å². The van der Waals surface area contributed by atoms with Crippen LogP contribution in [-0.4, -0.2) is 31.8 Å². The number of nitrogens with one attached hydrogen (secondary N) is 1. The summed E-state index contributed by atoms with van der Waals surface area (Å²) in [6.45, 7) is 2.53. The van der Waals surface area contributed by atoms with Crippen molar-refractivity contribution >= 4 is 29.3 Å². The Morgan fingerprint density at radius 2 is 1.83 bits per heavy atom. The Morgan fingerprint density at radius 3 is 2.47 bits per heavy atom. The Balaban J connectivity index is 1.46. The predicted molar refractivity (Wildman–Crippen MR) is 116 cm³/mol. The third-order valence-corrected chi connectivity index (χ3v) is 6.04. The number of amides is 2. The van der Waals surface area contributed by atoms with E-state index in [1.54, 1.807) is 24.3 Å². The molecule has 1 atom stereocenters. The van der Waals surface area contributed by atoms with Crippen LogP contribution in [0.1, 0.15) is 47.4 Å². The highest BCUT2D eigenvalue weighted by molar-refractivity contribution is 8.00. The fourth-order valence-electron chi connectivity index (χ4n) is 3.12. The van der Waals surface area contributed by atoms with Crippen LogP contribution in [0.2, 0.25) is 0 Å². The standard InChI is InChI=1S/C22H23N5O2S/c1-14(21(29)24-18-11-9-16(10-12-18)19(23)28)30-22-26-25-20(17-7-8-17)27(22)13-15-5-3-2-4-6-15/h2-6,9-12,14,17H,7-8,13H2,1H3,(H2,23,28)(H,24,29)/t14-/m1/s1. The Bertz CT molecular complexity index is 1050. The fourth-order valence-corrected chi connectivity index (χ4v) is 3.97. The highest BCUT2D eigenvalue weighted by Gasteiger charge is 2.31. The van der Waals surface area contributed by atoms with Gasteiger partial charge in [0.15, 0.2) is 5.16 Å². The van der Waals surface area contributed by atoms with Crippen LogP contribution in [0.3, 0.4) is 0 Å². The Hall–Kier alpha value is -3.13. The van der Waals surface area contributed by atoms with Crippen molar-refractivity contribution in [3.05, 3.63) is 71.5 Å². The second kappa shape index (κ2) is 8.71. The molecule has 4 rings (SSSR count). The molecule has 154 valence electrons. The maximum Gasteiger partial charge on any atom is 0.248 e. The van der Waals surface area contributed by atoms with Gasteiger partial charge in [-0.1, -0.05) is 42.1 Å². The van der Waals surface area contributed by atoms with E-state index in [0.29, 0.717) is 23.7 Å². The monoisotopic (exact) mass is 421 g/mol. The van der Waals surface area contributed by atoms with E-state index in [2.05, 4.69) is 32.2 Å². The molecule has 1 fully saturated rings. The lowest BCUT2D eigenvalue weighted by atomic mass is 10.2. The number of rotatable bonds is 8. The molecule has 7 nitrogen and oxygen atoms in total. The van der Waals surface area contributed by atoms with Gasteiger partial charge in [0.25, 0.3) is 0 Å². The molecule has 0 aliphatic heterocycles. The van der Waals surface area contributed by atoms with Crippen molar-refractivity contribution in [2.75, 3.05) is 5.32 Å². The minimum absolute atomic E-state index is 0.144. The molecule has 2 amide bonds. The van der Waals surface area contributed by atoms with Crippen LogP contribution < -0.4 is 11.1 Å². The second-order valence-electron chi connectivity index (χ2n) is 7.38. The summed E-state index contributed by atoms with van der Waals surface area (Å²) in [7, 11) is 0. The van der Waals surface area contributed by atoms with Gasteiger partial charge in [-0.25, -0.2) is 0 Å². The smallest absolute Gasteiger partial charge is 0.248 e. The maximum atomic E-state index is 12.7. The molecule has 30 heavy (non-hydrogen) atoms. The zero-order valence-corrected chi connectivity index (χ0v) is 17.4. The normalized spacial score (nSPS) is 14.3. The highest BCUT2D eigenvalue weighted by atomic mass is 32.2. The SMILES string of the molecule is C[C@@H](Sc1nnc(C2CC2)n1Cc1ccccc1)C(=O)Nc1ccc(C(N)=O)cc1. The van der Waals surface area contributed by atoms with Gasteiger partial charge in [-0.3, -0.25) is 9.59 Å². The van der Waals surface area contributed by atoms with Crippen LogP contribution in [0.25, 0.3) is 0 Å². The number of aromatic nitrogens is 3. The lowest BCUT2D eigenvalue weighted by Gasteiger charge is -2.14. The summed E-state index contributed by atoms with van der Waals surface area (Å²) in [5.41, 5.74) is 7.44. The summed E-state index contributed by atoms with van der Waals surface area (Å²) in [5.74, 6) is 0.814. The third-order valence-electron chi connectivity index (χ3n) is 4.96. The van der Waals surface area contributed by atoms with Crippen LogP contribution in [-0.2, 0) is 11.3 Å². The first-order valence-electron chi connectivity index (χ1n) is 9.85. The lowest BCUT2D eigenvalue weighted by molar-refractivity contribution is -0.115. The van der Waals surface area contributed by atoms with Gasteiger partial charge in [-0.05, 0) is 49.6 Å². The van der Waals surface area contributed by atoms with E-state index >= 15 is 0 Å². The zero-order chi connectivity index (χ0) is 21.1. The second-order valence-corrected chi connectivity index (χ2v) is 8.69. The summed E-state index contributed by atoms with van der Waals surface area (Å²) in [4.78, 5) is 23.9. The Morgan fingerprint density at radius 1 is 1.13 bits per heavy atom. The van der Waals surface area contributed by atoms with Gasteiger partial charge < -0.3 is 15.6 Å². The number of nitrogens with zero attached hydrogens (tertiary/aromatic N) is 3. The third kappa shape index (κ3) is 4.71. The molecular weight excluding hydrogens is 398 g/mol. The van der Waals surface area contributed by atoms with Crippen molar-refractivity contribution in [1.29, 1.82) is 0 Å². The van der Waals surface area contributed by atoms with E-state index in [1.165, 1.54) is 17.3 Å². The quantitative estimate of drug-likeness (QED) is 0.543. The average Bonchev–Trinajstić information content (AvgIpc) is 3.52. The van der Waals surface area contributed by atoms with E-state index < -0.39 is 5.91 Å². The minimum Gasteiger partial charge on any atom is -0.366 e. The van der Waals surface area contributed by atoms with Crippen molar-refractivity contribution in [2.45, 2.75) is 42.6 Å². The van der Waals surface area contributed by atoms with Crippen LogP contribution in [0.5, 0.6) is 0 Å². The number of hydrogen-bond acceptors (Lipinski definition) is 5. The minimum atomic E-state index is -0.499. The Kier molecular flexibility index (Phi) is 5.85. The summed E-state index contributed by atoms with van der Waals surface area (Å²) in [6, 6.07) is 16.7. The molecule has 3 aromatic rings. The van der Waals surface area contributed by atoms with Gasteiger partial charge in [0.05, 0.1) is 11.8 Å². The van der Waals surface area contributed by atoms with Crippen LogP contribution in [0.15, 0.2) is 59.8 Å². The van der Waals surface area contributed by atoms with Gasteiger partial charge in [-0.2, -0.15) is 0 Å². The number of benzene rings is 2. The molecule has 2 aromatic carbocycles. The largest absolute Gasteiger partial charge is 0.366 e. The molecular formula is C22H23N5O2S. The van der Waals surface area contributed by atoms with E-state index in [9.17, 15) is 9.59 Å².